The Morgan fingerprint density at radius 1 is 1.03 bits per heavy atom. The van der Waals surface area contributed by atoms with E-state index in [1.165, 1.54) is 6.07 Å². The fourth-order valence-electron chi connectivity index (χ4n) is 5.12. The number of carbonyl (C=O) groups excluding carboxylic acids is 1. The van der Waals surface area contributed by atoms with Gasteiger partial charge in [0, 0.05) is 49.7 Å². The maximum absolute atomic E-state index is 13.2. The second kappa shape index (κ2) is 10.4. The lowest BCUT2D eigenvalue weighted by Crippen LogP contribution is -2.55. The van der Waals surface area contributed by atoms with Gasteiger partial charge in [-0.1, -0.05) is 0 Å². The third kappa shape index (κ3) is 5.00. The van der Waals surface area contributed by atoms with Crippen molar-refractivity contribution in [3.8, 4) is 5.75 Å². The third-order valence-electron chi connectivity index (χ3n) is 7.44. The molecule has 4 N–H and O–H groups in total. The number of H-pyrrole nitrogens is 1. The molecular weight excluding hydrogens is 472 g/mol. The summed E-state index contributed by atoms with van der Waals surface area (Å²) in [5.74, 6) is 0.220. The van der Waals surface area contributed by atoms with Gasteiger partial charge in [0.2, 0.25) is 0 Å². The summed E-state index contributed by atoms with van der Waals surface area (Å²) in [6.45, 7) is 4.58. The highest BCUT2D eigenvalue weighted by molar-refractivity contribution is 6.05. The van der Waals surface area contributed by atoms with Crippen LogP contribution in [0.2, 0.25) is 0 Å². The quantitative estimate of drug-likeness (QED) is 0.360. The maximum atomic E-state index is 13.2. The van der Waals surface area contributed by atoms with Gasteiger partial charge in [0.25, 0.3) is 5.91 Å². The van der Waals surface area contributed by atoms with Gasteiger partial charge in [0.05, 0.1) is 42.6 Å². The molecule has 0 radical (unpaired) electrons. The smallest absolute Gasteiger partial charge is 0.272 e. The number of hydrogen-bond acceptors (Lipinski definition) is 8. The van der Waals surface area contributed by atoms with Crippen molar-refractivity contribution in [1.82, 2.24) is 15.6 Å². The number of aromatic nitrogens is 1. The number of anilines is 3. The first-order chi connectivity index (χ1) is 17.9. The molecule has 2 saturated heterocycles. The van der Waals surface area contributed by atoms with Crippen LogP contribution in [0.4, 0.5) is 17.1 Å². The van der Waals surface area contributed by atoms with Crippen molar-refractivity contribution in [2.24, 2.45) is 0 Å². The number of methoxy groups -OCH3 is 1. The zero-order chi connectivity index (χ0) is 26.0. The van der Waals surface area contributed by atoms with E-state index in [1.807, 2.05) is 44.4 Å². The van der Waals surface area contributed by atoms with E-state index in [-0.39, 0.29) is 22.7 Å². The number of pyridine rings is 1. The molecule has 37 heavy (non-hydrogen) atoms. The van der Waals surface area contributed by atoms with Gasteiger partial charge in [-0.2, -0.15) is 0 Å². The Morgan fingerprint density at radius 3 is 2.41 bits per heavy atom. The van der Waals surface area contributed by atoms with Crippen molar-refractivity contribution >= 4 is 33.9 Å². The Bertz CT molecular complexity index is 1330. The first-order valence-electron chi connectivity index (χ1n) is 12.6. The molecule has 196 valence electrons. The summed E-state index contributed by atoms with van der Waals surface area (Å²) in [5, 5.41) is 10.1. The van der Waals surface area contributed by atoms with Crippen LogP contribution in [0.5, 0.6) is 5.75 Å². The van der Waals surface area contributed by atoms with Crippen molar-refractivity contribution < 1.29 is 14.3 Å². The van der Waals surface area contributed by atoms with Gasteiger partial charge in [-0.3, -0.25) is 9.59 Å². The lowest BCUT2D eigenvalue weighted by Gasteiger charge is -2.29. The number of hydrogen-bond donors (Lipinski definition) is 4. The zero-order valence-corrected chi connectivity index (χ0v) is 21.5. The molecule has 0 aliphatic carbocycles. The Balaban J connectivity index is 1.44. The van der Waals surface area contributed by atoms with E-state index in [1.54, 1.807) is 13.2 Å². The van der Waals surface area contributed by atoms with Crippen LogP contribution in [0.1, 0.15) is 16.9 Å². The predicted molar refractivity (Wildman–Crippen MR) is 146 cm³/mol. The second-order valence-electron chi connectivity index (χ2n) is 9.47. The zero-order valence-electron chi connectivity index (χ0n) is 21.5. The summed E-state index contributed by atoms with van der Waals surface area (Å²) in [5.41, 5.74) is 2.91. The molecule has 1 amide bonds. The van der Waals surface area contributed by atoms with Crippen LogP contribution in [0.15, 0.2) is 47.3 Å². The summed E-state index contributed by atoms with van der Waals surface area (Å²) in [6, 6.07) is 12.7. The number of amides is 1. The average Bonchev–Trinajstić information content (AvgIpc) is 3.38. The van der Waals surface area contributed by atoms with Gasteiger partial charge in [-0.15, -0.1) is 0 Å². The Kier molecular flexibility index (Phi) is 7.05. The number of carbonyl (C=O) groups is 1. The number of likely N-dealkylation sites (N-methyl/N-ethyl adjacent to an activating group) is 2. The maximum Gasteiger partial charge on any atom is 0.272 e. The van der Waals surface area contributed by atoms with E-state index in [0.29, 0.717) is 42.1 Å². The van der Waals surface area contributed by atoms with Crippen molar-refractivity contribution in [2.75, 3.05) is 75.7 Å². The number of fused-ring (bicyclic) bond motifs is 1. The van der Waals surface area contributed by atoms with Gasteiger partial charge < -0.3 is 40.2 Å². The number of benzene rings is 2. The van der Waals surface area contributed by atoms with Crippen molar-refractivity contribution in [2.45, 2.75) is 12.1 Å². The van der Waals surface area contributed by atoms with Gasteiger partial charge in [0.15, 0.2) is 5.43 Å². The highest BCUT2D eigenvalue weighted by Gasteiger charge is 2.36. The fourth-order valence-corrected chi connectivity index (χ4v) is 5.12. The van der Waals surface area contributed by atoms with E-state index in [2.05, 4.69) is 30.7 Å². The number of aromatic amines is 1. The normalized spacial score (nSPS) is 17.3. The standard InChI is InChI=1S/C27H34N6O4/c1-28-27(29-2)8-9-33(17-27)23-15-20(36-3)14-21-24(34)16-22(31-25(21)23)26(35)30-18-4-6-19(7-5-18)32-10-12-37-13-11-32/h4-7,14-16,28-29H,8-13,17H2,1-3H3,(H,30,35)(H,31,34). The molecular formula is C27H34N6O4. The molecule has 0 saturated carbocycles. The highest BCUT2D eigenvalue weighted by Crippen LogP contribution is 2.33. The highest BCUT2D eigenvalue weighted by atomic mass is 16.5. The molecule has 0 atom stereocenters. The molecule has 10 heteroatoms. The number of morpholine rings is 1. The van der Waals surface area contributed by atoms with E-state index < -0.39 is 0 Å². The van der Waals surface area contributed by atoms with Crippen molar-refractivity contribution in [3.63, 3.8) is 0 Å². The Morgan fingerprint density at radius 2 is 1.76 bits per heavy atom. The predicted octanol–water partition coefficient (Wildman–Crippen LogP) is 1.97. The number of nitrogens with one attached hydrogen (secondary N) is 4. The minimum Gasteiger partial charge on any atom is -0.497 e. The van der Waals surface area contributed by atoms with E-state index in [9.17, 15) is 9.59 Å². The number of nitrogens with zero attached hydrogens (tertiary/aromatic N) is 2. The van der Waals surface area contributed by atoms with Gasteiger partial charge >= 0.3 is 0 Å². The minimum atomic E-state index is -0.374. The second-order valence-corrected chi connectivity index (χ2v) is 9.47. The van der Waals surface area contributed by atoms with Gasteiger partial charge in [0.1, 0.15) is 11.4 Å². The third-order valence-corrected chi connectivity index (χ3v) is 7.44. The molecule has 2 fully saturated rings. The molecule has 0 bridgehead atoms. The van der Waals surface area contributed by atoms with Crippen molar-refractivity contribution in [3.05, 3.63) is 58.4 Å². The van der Waals surface area contributed by atoms with Crippen LogP contribution in [0.25, 0.3) is 10.9 Å². The van der Waals surface area contributed by atoms with E-state index in [4.69, 9.17) is 9.47 Å². The van der Waals surface area contributed by atoms with E-state index >= 15 is 0 Å². The lowest BCUT2D eigenvalue weighted by atomic mass is 10.1. The van der Waals surface area contributed by atoms with Crippen LogP contribution < -0.4 is 35.9 Å². The molecule has 2 aliphatic rings. The summed E-state index contributed by atoms with van der Waals surface area (Å²) < 4.78 is 10.9. The largest absolute Gasteiger partial charge is 0.497 e. The molecule has 1 aromatic heterocycles. The molecule has 0 spiro atoms. The van der Waals surface area contributed by atoms with Gasteiger partial charge in [-0.25, -0.2) is 0 Å². The molecule has 10 nitrogen and oxygen atoms in total. The summed E-state index contributed by atoms with van der Waals surface area (Å²) >= 11 is 0. The number of rotatable bonds is 7. The summed E-state index contributed by atoms with van der Waals surface area (Å²) in [4.78, 5) is 34.0. The first-order valence-corrected chi connectivity index (χ1v) is 12.6. The topological polar surface area (TPSA) is 111 Å². The molecule has 5 rings (SSSR count). The summed E-state index contributed by atoms with van der Waals surface area (Å²) in [6.07, 6.45) is 0.879. The number of ether oxygens (including phenoxy) is 2. The molecule has 3 aromatic rings. The van der Waals surface area contributed by atoms with Crippen LogP contribution >= 0.6 is 0 Å². The first kappa shape index (κ1) is 25.1. The SMILES string of the molecule is CNC1(NC)CCN(c2cc(OC)cc3c(=O)cc(C(=O)Nc4ccc(N5CCOCC5)cc4)[nH]c23)C1. The molecule has 0 unspecified atom stereocenters. The van der Waals surface area contributed by atoms with Crippen LogP contribution in [-0.4, -0.2) is 77.2 Å². The average molecular weight is 507 g/mol. The van der Waals surface area contributed by atoms with Crippen molar-refractivity contribution in [1.29, 1.82) is 0 Å². The molecule has 2 aromatic carbocycles. The molecule has 3 heterocycles. The van der Waals surface area contributed by atoms with Crippen LogP contribution in [0.3, 0.4) is 0 Å². The Hall–Kier alpha value is -3.60. The fraction of sp³-hybridized carbons (Fsp3) is 0.407. The molecule has 2 aliphatic heterocycles. The minimum absolute atomic E-state index is 0.203. The Labute approximate surface area is 215 Å². The summed E-state index contributed by atoms with van der Waals surface area (Å²) in [7, 11) is 5.45. The monoisotopic (exact) mass is 506 g/mol. The lowest BCUT2D eigenvalue weighted by molar-refractivity contribution is 0.102. The van der Waals surface area contributed by atoms with Gasteiger partial charge in [-0.05, 0) is 50.8 Å². The van der Waals surface area contributed by atoms with Crippen LogP contribution in [-0.2, 0) is 4.74 Å². The van der Waals surface area contributed by atoms with E-state index in [0.717, 1.165) is 37.4 Å². The van der Waals surface area contributed by atoms with Crippen LogP contribution in [0, 0.1) is 0 Å².